The molecule has 1 amide bonds. The minimum Gasteiger partial charge on any atom is -0.350 e. The lowest BCUT2D eigenvalue weighted by atomic mass is 9.80. The smallest absolute Gasteiger partial charge is 0.273 e. The molecule has 2 aliphatic rings. The summed E-state index contributed by atoms with van der Waals surface area (Å²) >= 11 is 0. The largest absolute Gasteiger partial charge is 0.350 e. The van der Waals surface area contributed by atoms with Crippen LogP contribution in [0.25, 0.3) is 0 Å². The van der Waals surface area contributed by atoms with E-state index < -0.39 is 0 Å². The van der Waals surface area contributed by atoms with Gasteiger partial charge < -0.3 is 10.6 Å². The SMILES string of the molecule is CC1CCCCC1CNC(=O)c1cn(C2CCNCC2)nn1.Cl. The molecule has 1 aliphatic heterocycles. The van der Waals surface area contributed by atoms with E-state index in [0.29, 0.717) is 23.6 Å². The summed E-state index contributed by atoms with van der Waals surface area (Å²) in [4.78, 5) is 12.3. The minimum absolute atomic E-state index is 0. The summed E-state index contributed by atoms with van der Waals surface area (Å²) in [6, 6.07) is 0.369. The lowest BCUT2D eigenvalue weighted by Crippen LogP contribution is -2.33. The molecule has 7 heteroatoms. The number of piperidine rings is 1. The van der Waals surface area contributed by atoms with Crippen molar-refractivity contribution in [2.45, 2.75) is 51.5 Å². The summed E-state index contributed by atoms with van der Waals surface area (Å²) in [7, 11) is 0. The first-order valence-corrected chi connectivity index (χ1v) is 8.65. The van der Waals surface area contributed by atoms with Gasteiger partial charge >= 0.3 is 0 Å². The van der Waals surface area contributed by atoms with Crippen LogP contribution in [0.3, 0.4) is 0 Å². The zero-order valence-electron chi connectivity index (χ0n) is 13.8. The van der Waals surface area contributed by atoms with Crippen LogP contribution in [0.4, 0.5) is 0 Å². The Morgan fingerprint density at radius 1 is 1.30 bits per heavy atom. The summed E-state index contributed by atoms with van der Waals surface area (Å²) in [6.07, 6.45) is 9.02. The van der Waals surface area contributed by atoms with Crippen molar-refractivity contribution in [2.24, 2.45) is 11.8 Å². The molecule has 0 aromatic carbocycles. The molecule has 23 heavy (non-hydrogen) atoms. The topological polar surface area (TPSA) is 71.8 Å². The average molecular weight is 342 g/mol. The lowest BCUT2D eigenvalue weighted by molar-refractivity contribution is 0.0931. The van der Waals surface area contributed by atoms with Crippen molar-refractivity contribution in [3.63, 3.8) is 0 Å². The first kappa shape index (κ1) is 18.2. The zero-order valence-corrected chi connectivity index (χ0v) is 14.6. The minimum atomic E-state index is -0.0852. The van der Waals surface area contributed by atoms with E-state index in [1.54, 1.807) is 6.20 Å². The number of hydrogen-bond donors (Lipinski definition) is 2. The van der Waals surface area contributed by atoms with Crippen LogP contribution in [0.2, 0.25) is 0 Å². The van der Waals surface area contributed by atoms with E-state index in [4.69, 9.17) is 0 Å². The van der Waals surface area contributed by atoms with Gasteiger partial charge in [0.1, 0.15) is 0 Å². The highest BCUT2D eigenvalue weighted by Crippen LogP contribution is 2.28. The maximum absolute atomic E-state index is 12.3. The number of hydrogen-bond acceptors (Lipinski definition) is 4. The molecule has 1 saturated carbocycles. The molecule has 130 valence electrons. The Labute approximate surface area is 144 Å². The summed E-state index contributed by atoms with van der Waals surface area (Å²) in [5, 5.41) is 14.6. The maximum atomic E-state index is 12.3. The third-order valence-electron chi connectivity index (χ3n) is 5.24. The van der Waals surface area contributed by atoms with E-state index in [1.807, 2.05) is 4.68 Å². The molecular formula is C16H28ClN5O. The molecule has 2 heterocycles. The Morgan fingerprint density at radius 3 is 2.78 bits per heavy atom. The summed E-state index contributed by atoms with van der Waals surface area (Å²) in [5.74, 6) is 1.23. The fraction of sp³-hybridized carbons (Fsp3) is 0.812. The number of carbonyl (C=O) groups excluding carboxylic acids is 1. The van der Waals surface area contributed by atoms with E-state index in [1.165, 1.54) is 25.7 Å². The molecule has 1 aliphatic carbocycles. The van der Waals surface area contributed by atoms with E-state index in [9.17, 15) is 4.79 Å². The highest BCUT2D eigenvalue weighted by Gasteiger charge is 2.23. The van der Waals surface area contributed by atoms with Gasteiger partial charge in [-0.3, -0.25) is 4.79 Å². The maximum Gasteiger partial charge on any atom is 0.273 e. The van der Waals surface area contributed by atoms with E-state index in [0.717, 1.165) is 32.5 Å². The van der Waals surface area contributed by atoms with Crippen molar-refractivity contribution in [1.82, 2.24) is 25.6 Å². The van der Waals surface area contributed by atoms with Gasteiger partial charge in [0.25, 0.3) is 5.91 Å². The van der Waals surface area contributed by atoms with Gasteiger partial charge in [0.05, 0.1) is 12.2 Å². The Hall–Kier alpha value is -1.14. The van der Waals surface area contributed by atoms with Crippen molar-refractivity contribution >= 4 is 18.3 Å². The Kier molecular flexibility index (Phi) is 6.84. The second-order valence-electron chi connectivity index (χ2n) is 6.80. The van der Waals surface area contributed by atoms with Crippen LogP contribution in [0.5, 0.6) is 0 Å². The highest BCUT2D eigenvalue weighted by atomic mass is 35.5. The zero-order chi connectivity index (χ0) is 15.4. The molecule has 3 rings (SSSR count). The summed E-state index contributed by atoms with van der Waals surface area (Å²) in [6.45, 7) is 5.07. The second-order valence-corrected chi connectivity index (χ2v) is 6.80. The second kappa shape index (κ2) is 8.64. The molecule has 2 atom stereocenters. The first-order valence-electron chi connectivity index (χ1n) is 8.65. The molecule has 2 unspecified atom stereocenters. The number of nitrogens with one attached hydrogen (secondary N) is 2. The molecule has 0 spiro atoms. The number of halogens is 1. The molecule has 1 aromatic rings. The van der Waals surface area contributed by atoms with Crippen LogP contribution >= 0.6 is 12.4 Å². The van der Waals surface area contributed by atoms with E-state index in [2.05, 4.69) is 27.9 Å². The number of amides is 1. The molecule has 0 bridgehead atoms. The molecule has 1 saturated heterocycles. The highest BCUT2D eigenvalue weighted by molar-refractivity contribution is 5.91. The van der Waals surface area contributed by atoms with Gasteiger partial charge in [-0.1, -0.05) is 31.4 Å². The van der Waals surface area contributed by atoms with Crippen LogP contribution in [0.15, 0.2) is 6.20 Å². The fourth-order valence-electron chi connectivity index (χ4n) is 3.64. The van der Waals surface area contributed by atoms with Gasteiger partial charge in [0.2, 0.25) is 0 Å². The number of aromatic nitrogens is 3. The number of nitrogens with zero attached hydrogens (tertiary/aromatic N) is 3. The van der Waals surface area contributed by atoms with Gasteiger partial charge in [-0.05, 0) is 44.2 Å². The lowest BCUT2D eigenvalue weighted by Gasteiger charge is -2.28. The monoisotopic (exact) mass is 341 g/mol. The predicted octanol–water partition coefficient (Wildman–Crippen LogP) is 2.18. The summed E-state index contributed by atoms with van der Waals surface area (Å²) < 4.78 is 1.86. The normalized spacial score (nSPS) is 25.6. The van der Waals surface area contributed by atoms with Crippen LogP contribution < -0.4 is 10.6 Å². The van der Waals surface area contributed by atoms with Crippen LogP contribution in [-0.4, -0.2) is 40.5 Å². The van der Waals surface area contributed by atoms with Crippen molar-refractivity contribution < 1.29 is 4.79 Å². The van der Waals surface area contributed by atoms with Crippen LogP contribution in [-0.2, 0) is 0 Å². The molecule has 2 N–H and O–H groups in total. The Morgan fingerprint density at radius 2 is 2.04 bits per heavy atom. The quantitative estimate of drug-likeness (QED) is 0.880. The molecule has 2 fully saturated rings. The molecule has 1 aromatic heterocycles. The third-order valence-corrected chi connectivity index (χ3v) is 5.24. The van der Waals surface area contributed by atoms with Crippen molar-refractivity contribution in [2.75, 3.05) is 19.6 Å². The number of rotatable bonds is 4. The van der Waals surface area contributed by atoms with Crippen LogP contribution in [0, 0.1) is 11.8 Å². The molecular weight excluding hydrogens is 314 g/mol. The Bertz CT molecular complexity index is 500. The van der Waals surface area contributed by atoms with E-state index >= 15 is 0 Å². The summed E-state index contributed by atoms with van der Waals surface area (Å²) in [5.41, 5.74) is 0.446. The Balaban J connectivity index is 0.00000192. The van der Waals surface area contributed by atoms with Gasteiger partial charge in [0.15, 0.2) is 5.69 Å². The van der Waals surface area contributed by atoms with E-state index in [-0.39, 0.29) is 18.3 Å². The van der Waals surface area contributed by atoms with Crippen molar-refractivity contribution in [3.05, 3.63) is 11.9 Å². The number of carbonyl (C=O) groups is 1. The average Bonchev–Trinajstić information content (AvgIpc) is 3.05. The standard InChI is InChI=1S/C16H27N5O.ClH/c1-12-4-2-3-5-13(12)10-18-16(22)15-11-21(20-19-15)14-6-8-17-9-7-14;/h11-14,17H,2-10H2,1H3,(H,18,22);1H. The van der Waals surface area contributed by atoms with Gasteiger partial charge in [-0.2, -0.15) is 0 Å². The first-order chi connectivity index (χ1) is 10.7. The van der Waals surface area contributed by atoms with Crippen molar-refractivity contribution in [3.8, 4) is 0 Å². The fourth-order valence-corrected chi connectivity index (χ4v) is 3.64. The third kappa shape index (κ3) is 4.67. The molecule has 6 nitrogen and oxygen atoms in total. The van der Waals surface area contributed by atoms with Gasteiger partial charge in [0, 0.05) is 6.54 Å². The van der Waals surface area contributed by atoms with Crippen molar-refractivity contribution in [1.29, 1.82) is 0 Å². The van der Waals surface area contributed by atoms with Crippen LogP contribution in [0.1, 0.15) is 62.0 Å². The predicted molar refractivity (Wildman–Crippen MR) is 91.9 cm³/mol. The van der Waals surface area contributed by atoms with Gasteiger partial charge in [-0.25, -0.2) is 4.68 Å². The van der Waals surface area contributed by atoms with Gasteiger partial charge in [-0.15, -0.1) is 17.5 Å². The molecule has 0 radical (unpaired) electrons.